The van der Waals surface area contributed by atoms with E-state index in [4.69, 9.17) is 5.73 Å². The molecule has 1 rings (SSSR count). The fraction of sp³-hybridized carbons (Fsp3) is 0.571. The molecule has 0 spiro atoms. The third-order valence-electron chi connectivity index (χ3n) is 3.22. The normalized spacial score (nSPS) is 13.1. The second kappa shape index (κ2) is 6.66. The van der Waals surface area contributed by atoms with Crippen LogP contribution in [-0.4, -0.2) is 18.0 Å². The van der Waals surface area contributed by atoms with Gasteiger partial charge in [0.2, 0.25) is 0 Å². The molecule has 1 aromatic rings. The smallest absolute Gasteiger partial charge is 0.0236 e. The quantitative estimate of drug-likeness (QED) is 0.798. The van der Waals surface area contributed by atoms with Gasteiger partial charge in [0.25, 0.3) is 0 Å². The van der Waals surface area contributed by atoms with Gasteiger partial charge in [-0.3, -0.25) is 4.90 Å². The number of nitrogens with zero attached hydrogens (tertiary/aromatic N) is 1. The average molecular weight is 220 g/mol. The van der Waals surface area contributed by atoms with E-state index in [-0.39, 0.29) is 0 Å². The SMILES string of the molecule is CCCC(C)N(C)Cc1ccccc1CN. The van der Waals surface area contributed by atoms with Crippen LogP contribution in [0.5, 0.6) is 0 Å². The summed E-state index contributed by atoms with van der Waals surface area (Å²) < 4.78 is 0. The van der Waals surface area contributed by atoms with Crippen molar-refractivity contribution in [2.75, 3.05) is 7.05 Å². The van der Waals surface area contributed by atoms with Gasteiger partial charge < -0.3 is 5.73 Å². The largest absolute Gasteiger partial charge is 0.326 e. The highest BCUT2D eigenvalue weighted by Crippen LogP contribution is 2.13. The third kappa shape index (κ3) is 3.62. The number of nitrogens with two attached hydrogens (primary N) is 1. The molecule has 0 aliphatic heterocycles. The van der Waals surface area contributed by atoms with Crippen LogP contribution in [0.25, 0.3) is 0 Å². The van der Waals surface area contributed by atoms with E-state index in [1.54, 1.807) is 0 Å². The van der Waals surface area contributed by atoms with Gasteiger partial charge in [0.15, 0.2) is 0 Å². The molecule has 1 aromatic carbocycles. The molecular formula is C14H24N2. The minimum absolute atomic E-state index is 0.631. The van der Waals surface area contributed by atoms with Crippen molar-refractivity contribution in [1.29, 1.82) is 0 Å². The van der Waals surface area contributed by atoms with Gasteiger partial charge in [-0.05, 0) is 31.5 Å². The molecule has 0 bridgehead atoms. The molecule has 1 unspecified atom stereocenters. The number of hydrogen-bond donors (Lipinski definition) is 1. The minimum atomic E-state index is 0.631. The summed E-state index contributed by atoms with van der Waals surface area (Å²) in [6.45, 7) is 6.15. The Hall–Kier alpha value is -0.860. The van der Waals surface area contributed by atoms with Crippen LogP contribution < -0.4 is 5.73 Å². The van der Waals surface area contributed by atoms with Gasteiger partial charge >= 0.3 is 0 Å². The van der Waals surface area contributed by atoms with Gasteiger partial charge in [0.05, 0.1) is 0 Å². The summed E-state index contributed by atoms with van der Waals surface area (Å²) in [5.41, 5.74) is 8.36. The first-order valence-corrected chi connectivity index (χ1v) is 6.16. The Labute approximate surface area is 99.5 Å². The summed E-state index contributed by atoms with van der Waals surface area (Å²) in [6, 6.07) is 9.08. The van der Waals surface area contributed by atoms with Crippen molar-refractivity contribution in [2.24, 2.45) is 5.73 Å². The molecule has 0 heterocycles. The van der Waals surface area contributed by atoms with Crippen LogP contribution >= 0.6 is 0 Å². The maximum Gasteiger partial charge on any atom is 0.0236 e. The van der Waals surface area contributed by atoms with Crippen LogP contribution in [0.2, 0.25) is 0 Å². The zero-order chi connectivity index (χ0) is 12.0. The highest BCUT2D eigenvalue weighted by molar-refractivity contribution is 5.26. The van der Waals surface area contributed by atoms with E-state index < -0.39 is 0 Å². The van der Waals surface area contributed by atoms with E-state index in [1.807, 2.05) is 0 Å². The molecule has 1 atom stereocenters. The van der Waals surface area contributed by atoms with Crippen LogP contribution in [0.15, 0.2) is 24.3 Å². The van der Waals surface area contributed by atoms with Gasteiger partial charge in [-0.25, -0.2) is 0 Å². The molecule has 16 heavy (non-hydrogen) atoms. The lowest BCUT2D eigenvalue weighted by Gasteiger charge is -2.25. The second-order valence-corrected chi connectivity index (χ2v) is 4.53. The van der Waals surface area contributed by atoms with E-state index in [2.05, 4.69) is 50.1 Å². The molecule has 2 heteroatoms. The highest BCUT2D eigenvalue weighted by atomic mass is 15.1. The van der Waals surface area contributed by atoms with E-state index in [0.717, 1.165) is 6.54 Å². The van der Waals surface area contributed by atoms with Gasteiger partial charge in [-0.1, -0.05) is 37.6 Å². The highest BCUT2D eigenvalue weighted by Gasteiger charge is 2.09. The molecule has 2 N–H and O–H groups in total. The van der Waals surface area contributed by atoms with Crippen LogP contribution in [0, 0.1) is 0 Å². The minimum Gasteiger partial charge on any atom is -0.326 e. The Balaban J connectivity index is 2.64. The van der Waals surface area contributed by atoms with Crippen molar-refractivity contribution in [3.05, 3.63) is 35.4 Å². The lowest BCUT2D eigenvalue weighted by atomic mass is 10.1. The Bertz CT molecular complexity index is 309. The Morgan fingerprint density at radius 1 is 1.25 bits per heavy atom. The molecule has 0 saturated carbocycles. The first kappa shape index (κ1) is 13.2. The first-order chi connectivity index (χ1) is 7.69. The van der Waals surface area contributed by atoms with Gasteiger partial charge in [-0.2, -0.15) is 0 Å². The lowest BCUT2D eigenvalue weighted by Crippen LogP contribution is -2.28. The van der Waals surface area contributed by atoms with Crippen molar-refractivity contribution in [3.8, 4) is 0 Å². The predicted molar refractivity (Wildman–Crippen MR) is 70.2 cm³/mol. The summed E-state index contributed by atoms with van der Waals surface area (Å²) in [4.78, 5) is 2.40. The van der Waals surface area contributed by atoms with Crippen molar-refractivity contribution < 1.29 is 0 Å². The van der Waals surface area contributed by atoms with E-state index in [1.165, 1.54) is 24.0 Å². The van der Waals surface area contributed by atoms with E-state index >= 15 is 0 Å². The molecule has 0 saturated heterocycles. The molecule has 90 valence electrons. The second-order valence-electron chi connectivity index (χ2n) is 4.53. The molecule has 0 amide bonds. The molecule has 2 nitrogen and oxygen atoms in total. The maximum absolute atomic E-state index is 5.74. The fourth-order valence-electron chi connectivity index (χ4n) is 1.97. The van der Waals surface area contributed by atoms with Gasteiger partial charge in [0, 0.05) is 19.1 Å². The molecule has 0 fully saturated rings. The van der Waals surface area contributed by atoms with Crippen molar-refractivity contribution in [3.63, 3.8) is 0 Å². The zero-order valence-corrected chi connectivity index (χ0v) is 10.7. The Morgan fingerprint density at radius 2 is 1.88 bits per heavy atom. The van der Waals surface area contributed by atoms with E-state index in [9.17, 15) is 0 Å². The lowest BCUT2D eigenvalue weighted by molar-refractivity contribution is 0.236. The van der Waals surface area contributed by atoms with Crippen molar-refractivity contribution in [1.82, 2.24) is 4.90 Å². The monoisotopic (exact) mass is 220 g/mol. The van der Waals surface area contributed by atoms with Crippen LogP contribution in [0.3, 0.4) is 0 Å². The summed E-state index contributed by atoms with van der Waals surface area (Å²) in [7, 11) is 2.19. The van der Waals surface area contributed by atoms with Crippen LogP contribution in [0.4, 0.5) is 0 Å². The molecule has 0 aliphatic rings. The Morgan fingerprint density at radius 3 is 2.44 bits per heavy atom. The molecule has 0 radical (unpaired) electrons. The van der Waals surface area contributed by atoms with Crippen molar-refractivity contribution in [2.45, 2.75) is 45.8 Å². The van der Waals surface area contributed by atoms with Crippen LogP contribution in [-0.2, 0) is 13.1 Å². The zero-order valence-electron chi connectivity index (χ0n) is 10.7. The topological polar surface area (TPSA) is 29.3 Å². The van der Waals surface area contributed by atoms with Crippen molar-refractivity contribution >= 4 is 0 Å². The fourth-order valence-corrected chi connectivity index (χ4v) is 1.97. The summed E-state index contributed by atoms with van der Waals surface area (Å²) in [6.07, 6.45) is 2.49. The Kier molecular flexibility index (Phi) is 5.50. The third-order valence-corrected chi connectivity index (χ3v) is 3.22. The first-order valence-electron chi connectivity index (χ1n) is 6.16. The standard InChI is InChI=1S/C14H24N2/c1-4-7-12(2)16(3)11-14-9-6-5-8-13(14)10-15/h5-6,8-9,12H,4,7,10-11,15H2,1-3H3. The average Bonchev–Trinajstić information content (AvgIpc) is 2.30. The van der Waals surface area contributed by atoms with E-state index in [0.29, 0.717) is 12.6 Å². The van der Waals surface area contributed by atoms with Gasteiger partial charge in [0.1, 0.15) is 0 Å². The molecular weight excluding hydrogens is 196 g/mol. The van der Waals surface area contributed by atoms with Gasteiger partial charge in [-0.15, -0.1) is 0 Å². The molecule has 0 aromatic heterocycles. The summed E-state index contributed by atoms with van der Waals surface area (Å²) in [5, 5.41) is 0. The number of benzene rings is 1. The maximum atomic E-state index is 5.74. The summed E-state index contributed by atoms with van der Waals surface area (Å²) in [5.74, 6) is 0. The van der Waals surface area contributed by atoms with Crippen LogP contribution in [0.1, 0.15) is 37.8 Å². The molecule has 0 aliphatic carbocycles. The predicted octanol–water partition coefficient (Wildman–Crippen LogP) is 2.77. The number of hydrogen-bond acceptors (Lipinski definition) is 2. The number of rotatable bonds is 6. The summed E-state index contributed by atoms with van der Waals surface area (Å²) >= 11 is 0.